The summed E-state index contributed by atoms with van der Waals surface area (Å²) < 4.78 is 0. The Morgan fingerprint density at radius 1 is 1.38 bits per heavy atom. The molecule has 0 amide bonds. The lowest BCUT2D eigenvalue weighted by molar-refractivity contribution is 0.214. The van der Waals surface area contributed by atoms with E-state index in [0.29, 0.717) is 0 Å². The highest BCUT2D eigenvalue weighted by Gasteiger charge is 2.33. The van der Waals surface area contributed by atoms with Crippen LogP contribution in [0.1, 0.15) is 31.2 Å². The van der Waals surface area contributed by atoms with Gasteiger partial charge >= 0.3 is 0 Å². The first kappa shape index (κ1) is 11.3. The molecule has 0 spiro atoms. The zero-order valence-electron chi connectivity index (χ0n) is 9.79. The number of nitrogens with one attached hydrogen (secondary N) is 1. The molecule has 16 heavy (non-hydrogen) atoms. The summed E-state index contributed by atoms with van der Waals surface area (Å²) in [7, 11) is 0. The fraction of sp³-hybridized carbons (Fsp3) is 0.538. The van der Waals surface area contributed by atoms with Gasteiger partial charge in [-0.2, -0.15) is 0 Å². The molecule has 0 radical (unpaired) electrons. The van der Waals surface area contributed by atoms with Crippen molar-refractivity contribution in [2.75, 3.05) is 17.7 Å². The molecule has 3 nitrogen and oxygen atoms in total. The number of anilines is 2. The summed E-state index contributed by atoms with van der Waals surface area (Å²) in [5.41, 5.74) is 8.69. The van der Waals surface area contributed by atoms with Crippen molar-refractivity contribution in [3.63, 3.8) is 0 Å². The minimum Gasteiger partial charge on any atom is -0.397 e. The molecule has 0 unspecified atom stereocenters. The van der Waals surface area contributed by atoms with E-state index in [1.165, 1.54) is 12.8 Å². The topological polar surface area (TPSA) is 58.3 Å². The van der Waals surface area contributed by atoms with Gasteiger partial charge in [-0.3, -0.25) is 0 Å². The van der Waals surface area contributed by atoms with Gasteiger partial charge in [0.1, 0.15) is 0 Å². The number of hydrogen-bond acceptors (Lipinski definition) is 3. The number of aryl methyl sites for hydroxylation is 1. The van der Waals surface area contributed by atoms with E-state index < -0.39 is 0 Å². The Bertz CT molecular complexity index is 370. The normalized spacial score (nSPS) is 18.6. The molecule has 4 N–H and O–H groups in total. The third-order valence-corrected chi connectivity index (χ3v) is 3.47. The number of aliphatic hydroxyl groups is 1. The summed E-state index contributed by atoms with van der Waals surface area (Å²) in [4.78, 5) is 0. The van der Waals surface area contributed by atoms with Gasteiger partial charge in [-0.05, 0) is 37.5 Å². The second-order valence-corrected chi connectivity index (χ2v) is 4.86. The van der Waals surface area contributed by atoms with Crippen LogP contribution in [-0.2, 0) is 0 Å². The zero-order chi connectivity index (χ0) is 11.6. The van der Waals surface area contributed by atoms with Gasteiger partial charge in [-0.1, -0.05) is 18.9 Å². The molecular weight excluding hydrogens is 200 g/mol. The van der Waals surface area contributed by atoms with Gasteiger partial charge in [0.25, 0.3) is 0 Å². The van der Waals surface area contributed by atoms with E-state index in [2.05, 4.69) is 5.32 Å². The van der Waals surface area contributed by atoms with Gasteiger partial charge in [0.05, 0.1) is 23.5 Å². The summed E-state index contributed by atoms with van der Waals surface area (Å²) in [6.45, 7) is 2.21. The Morgan fingerprint density at radius 3 is 2.62 bits per heavy atom. The second-order valence-electron chi connectivity index (χ2n) is 4.86. The van der Waals surface area contributed by atoms with Crippen molar-refractivity contribution in [2.24, 2.45) is 0 Å². The molecule has 2 rings (SSSR count). The maximum absolute atomic E-state index is 9.52. The van der Waals surface area contributed by atoms with Crippen LogP contribution in [0.3, 0.4) is 0 Å². The predicted octanol–water partition coefficient (Wildman–Crippen LogP) is 2.29. The molecule has 1 aromatic rings. The lowest BCUT2D eigenvalue weighted by Crippen LogP contribution is -2.39. The highest BCUT2D eigenvalue weighted by Crippen LogP contribution is 2.34. The van der Waals surface area contributed by atoms with Crippen molar-refractivity contribution >= 4 is 11.4 Å². The number of benzene rings is 1. The Kier molecular flexibility index (Phi) is 3.06. The second kappa shape index (κ2) is 4.34. The Balaban J connectivity index is 2.19. The molecule has 0 heterocycles. The first-order valence-corrected chi connectivity index (χ1v) is 5.90. The lowest BCUT2D eigenvalue weighted by Gasteiger charge is -2.30. The fourth-order valence-electron chi connectivity index (χ4n) is 2.46. The van der Waals surface area contributed by atoms with Crippen LogP contribution in [0.5, 0.6) is 0 Å². The molecule has 3 heteroatoms. The van der Waals surface area contributed by atoms with Gasteiger partial charge in [-0.25, -0.2) is 0 Å². The van der Waals surface area contributed by atoms with Gasteiger partial charge in [0.2, 0.25) is 0 Å². The third kappa shape index (κ3) is 2.14. The highest BCUT2D eigenvalue weighted by molar-refractivity contribution is 5.68. The molecule has 0 atom stereocenters. The van der Waals surface area contributed by atoms with Crippen molar-refractivity contribution < 1.29 is 5.11 Å². The van der Waals surface area contributed by atoms with E-state index in [-0.39, 0.29) is 12.1 Å². The summed E-state index contributed by atoms with van der Waals surface area (Å²) in [5, 5.41) is 12.9. The smallest absolute Gasteiger partial charge is 0.0661 e. The average molecular weight is 220 g/mol. The van der Waals surface area contributed by atoms with Crippen molar-refractivity contribution in [3.8, 4) is 0 Å². The number of nitrogens with two attached hydrogens (primary N) is 1. The van der Waals surface area contributed by atoms with E-state index in [4.69, 9.17) is 5.73 Å². The molecule has 0 bridgehead atoms. The molecule has 1 aliphatic carbocycles. The van der Waals surface area contributed by atoms with E-state index in [9.17, 15) is 5.11 Å². The SMILES string of the molecule is Cc1ccc(NC2(CO)CCCC2)c(N)c1. The number of nitrogen functional groups attached to an aromatic ring is 1. The minimum absolute atomic E-state index is 0.149. The monoisotopic (exact) mass is 220 g/mol. The quantitative estimate of drug-likeness (QED) is 0.685. The summed E-state index contributed by atoms with van der Waals surface area (Å²) >= 11 is 0. The van der Waals surface area contributed by atoms with Crippen LogP contribution in [0.4, 0.5) is 11.4 Å². The number of aliphatic hydroxyl groups excluding tert-OH is 1. The van der Waals surface area contributed by atoms with Crippen LogP contribution < -0.4 is 11.1 Å². The van der Waals surface area contributed by atoms with Crippen LogP contribution in [0.25, 0.3) is 0 Å². The molecule has 1 aliphatic rings. The number of rotatable bonds is 3. The zero-order valence-corrected chi connectivity index (χ0v) is 9.79. The Labute approximate surface area is 96.7 Å². The van der Waals surface area contributed by atoms with E-state index >= 15 is 0 Å². The van der Waals surface area contributed by atoms with Gasteiger partial charge in [0, 0.05) is 0 Å². The molecule has 1 saturated carbocycles. The lowest BCUT2D eigenvalue weighted by atomic mass is 9.98. The van der Waals surface area contributed by atoms with Crippen molar-refractivity contribution in [1.82, 2.24) is 0 Å². The van der Waals surface area contributed by atoms with Crippen molar-refractivity contribution in [3.05, 3.63) is 23.8 Å². The minimum atomic E-state index is -0.149. The molecule has 88 valence electrons. The molecule has 0 saturated heterocycles. The van der Waals surface area contributed by atoms with Crippen LogP contribution in [0.15, 0.2) is 18.2 Å². The van der Waals surface area contributed by atoms with Gasteiger partial charge in [0.15, 0.2) is 0 Å². The molecule has 1 fully saturated rings. The maximum Gasteiger partial charge on any atom is 0.0661 e. The maximum atomic E-state index is 9.52. The third-order valence-electron chi connectivity index (χ3n) is 3.47. The van der Waals surface area contributed by atoms with Gasteiger partial charge in [-0.15, -0.1) is 0 Å². The van der Waals surface area contributed by atoms with E-state index in [1.54, 1.807) is 0 Å². The predicted molar refractivity (Wildman–Crippen MR) is 67.5 cm³/mol. The largest absolute Gasteiger partial charge is 0.397 e. The summed E-state index contributed by atoms with van der Waals surface area (Å²) in [5.74, 6) is 0. The molecule has 0 aliphatic heterocycles. The fourth-order valence-corrected chi connectivity index (χ4v) is 2.46. The van der Waals surface area contributed by atoms with Crippen molar-refractivity contribution in [1.29, 1.82) is 0 Å². The summed E-state index contributed by atoms with van der Waals surface area (Å²) in [6.07, 6.45) is 4.41. The van der Waals surface area contributed by atoms with Gasteiger partial charge < -0.3 is 16.2 Å². The molecule has 1 aromatic carbocycles. The van der Waals surface area contributed by atoms with Crippen LogP contribution in [0.2, 0.25) is 0 Å². The standard InChI is InChI=1S/C13H20N2O/c1-10-4-5-12(11(14)8-10)15-13(9-16)6-2-3-7-13/h4-5,8,15-16H,2-3,6-7,9,14H2,1H3. The van der Waals surface area contributed by atoms with Crippen LogP contribution >= 0.6 is 0 Å². The van der Waals surface area contributed by atoms with E-state index in [0.717, 1.165) is 29.8 Å². The highest BCUT2D eigenvalue weighted by atomic mass is 16.3. The van der Waals surface area contributed by atoms with Crippen LogP contribution in [-0.4, -0.2) is 17.3 Å². The number of hydrogen-bond donors (Lipinski definition) is 3. The van der Waals surface area contributed by atoms with E-state index in [1.807, 2.05) is 25.1 Å². The first-order chi connectivity index (χ1) is 7.65. The molecular formula is C13H20N2O. The Morgan fingerprint density at radius 2 is 2.06 bits per heavy atom. The summed E-state index contributed by atoms with van der Waals surface area (Å²) in [6, 6.07) is 6.00. The van der Waals surface area contributed by atoms with Crippen molar-refractivity contribution in [2.45, 2.75) is 38.1 Å². The molecule has 0 aromatic heterocycles. The van der Waals surface area contributed by atoms with Crippen LogP contribution in [0, 0.1) is 6.92 Å². The first-order valence-electron chi connectivity index (χ1n) is 5.90. The average Bonchev–Trinajstić information content (AvgIpc) is 2.72. The Hall–Kier alpha value is -1.22.